The van der Waals surface area contributed by atoms with Gasteiger partial charge in [-0.15, -0.1) is 0 Å². The molecule has 7 heteroatoms. The molecule has 0 saturated carbocycles. The SMILES string of the molecule is CCC1CSC(Nc2ccc(F)c(C(F)(F)F)c2)=N1. The second-order valence-electron chi connectivity index (χ2n) is 4.12. The smallest absolute Gasteiger partial charge is 0.335 e. The summed E-state index contributed by atoms with van der Waals surface area (Å²) in [6.07, 6.45) is -3.81. The fourth-order valence-electron chi connectivity index (χ4n) is 1.64. The molecule has 0 fully saturated rings. The van der Waals surface area contributed by atoms with Crippen molar-refractivity contribution in [2.24, 2.45) is 4.99 Å². The molecule has 1 N–H and O–H groups in total. The predicted octanol–water partition coefficient (Wildman–Crippen LogP) is 4.14. The van der Waals surface area contributed by atoms with Gasteiger partial charge in [-0.1, -0.05) is 18.7 Å². The van der Waals surface area contributed by atoms with Gasteiger partial charge >= 0.3 is 6.18 Å². The molecule has 1 heterocycles. The van der Waals surface area contributed by atoms with Gasteiger partial charge in [-0.25, -0.2) is 4.39 Å². The third-order valence-electron chi connectivity index (χ3n) is 2.71. The summed E-state index contributed by atoms with van der Waals surface area (Å²) in [4.78, 5) is 4.31. The van der Waals surface area contributed by atoms with Crippen molar-refractivity contribution >= 4 is 22.6 Å². The molecule has 0 bridgehead atoms. The van der Waals surface area contributed by atoms with E-state index in [4.69, 9.17) is 0 Å². The third kappa shape index (κ3) is 3.40. The maximum atomic E-state index is 13.1. The molecule has 0 aromatic heterocycles. The molecule has 0 saturated heterocycles. The molecule has 1 aromatic rings. The lowest BCUT2D eigenvalue weighted by atomic mass is 10.2. The summed E-state index contributed by atoms with van der Waals surface area (Å²) in [5.41, 5.74) is -1.08. The van der Waals surface area contributed by atoms with Crippen molar-refractivity contribution in [3.8, 4) is 0 Å². The van der Waals surface area contributed by atoms with Crippen molar-refractivity contribution < 1.29 is 17.6 Å². The van der Waals surface area contributed by atoms with Crippen LogP contribution in [-0.4, -0.2) is 17.0 Å². The Hall–Kier alpha value is -1.24. The summed E-state index contributed by atoms with van der Waals surface area (Å²) in [6, 6.07) is 3.03. The van der Waals surface area contributed by atoms with E-state index in [0.717, 1.165) is 24.3 Å². The van der Waals surface area contributed by atoms with Gasteiger partial charge in [-0.05, 0) is 24.6 Å². The van der Waals surface area contributed by atoms with E-state index < -0.39 is 17.6 Å². The number of alkyl halides is 3. The molecule has 0 spiro atoms. The molecule has 2 nitrogen and oxygen atoms in total. The molecule has 1 aliphatic heterocycles. The highest BCUT2D eigenvalue weighted by Crippen LogP contribution is 2.33. The molecule has 19 heavy (non-hydrogen) atoms. The van der Waals surface area contributed by atoms with Crippen molar-refractivity contribution in [1.29, 1.82) is 0 Å². The first-order valence-corrected chi connectivity index (χ1v) is 6.73. The average molecular weight is 292 g/mol. The standard InChI is InChI=1S/C12H12F4N2S/c1-2-7-6-19-11(17-7)18-8-3-4-10(13)9(5-8)12(14,15)16/h3-5,7H,2,6H2,1H3,(H,17,18). The van der Waals surface area contributed by atoms with Crippen molar-refractivity contribution in [1.82, 2.24) is 0 Å². The van der Waals surface area contributed by atoms with Crippen LogP contribution >= 0.6 is 11.8 Å². The summed E-state index contributed by atoms with van der Waals surface area (Å²) in [7, 11) is 0. The Kier molecular flexibility index (Phi) is 4.03. The minimum Gasteiger partial charge on any atom is -0.335 e. The lowest BCUT2D eigenvalue weighted by Gasteiger charge is -2.11. The Morgan fingerprint density at radius 2 is 2.16 bits per heavy atom. The topological polar surface area (TPSA) is 24.4 Å². The van der Waals surface area contributed by atoms with Crippen LogP contribution < -0.4 is 5.32 Å². The lowest BCUT2D eigenvalue weighted by Crippen LogP contribution is -2.11. The van der Waals surface area contributed by atoms with Gasteiger partial charge in [0.1, 0.15) is 5.82 Å². The minimum atomic E-state index is -4.70. The number of halogens is 4. The van der Waals surface area contributed by atoms with Gasteiger partial charge in [0.15, 0.2) is 5.17 Å². The Bertz CT molecular complexity index is 499. The van der Waals surface area contributed by atoms with E-state index in [1.165, 1.54) is 17.8 Å². The van der Waals surface area contributed by atoms with Gasteiger partial charge in [-0.2, -0.15) is 13.2 Å². The molecule has 104 valence electrons. The zero-order valence-electron chi connectivity index (χ0n) is 10.1. The van der Waals surface area contributed by atoms with Crippen molar-refractivity contribution in [2.75, 3.05) is 11.1 Å². The van der Waals surface area contributed by atoms with Crippen LogP contribution in [0.3, 0.4) is 0 Å². The molecule has 0 radical (unpaired) electrons. The Morgan fingerprint density at radius 3 is 2.74 bits per heavy atom. The van der Waals surface area contributed by atoms with Crippen LogP contribution in [0, 0.1) is 5.82 Å². The quantitative estimate of drug-likeness (QED) is 0.829. The number of nitrogens with zero attached hydrogens (tertiary/aromatic N) is 1. The fourth-order valence-corrected chi connectivity index (χ4v) is 2.71. The molecular formula is C12H12F4N2S. The van der Waals surface area contributed by atoms with Crippen LogP contribution in [-0.2, 0) is 6.18 Å². The first kappa shape index (κ1) is 14.2. The number of amidine groups is 1. The highest BCUT2D eigenvalue weighted by molar-refractivity contribution is 8.14. The Morgan fingerprint density at radius 1 is 1.42 bits per heavy atom. The largest absolute Gasteiger partial charge is 0.419 e. The van der Waals surface area contributed by atoms with Gasteiger partial charge < -0.3 is 5.32 Å². The number of nitrogens with one attached hydrogen (secondary N) is 1. The highest BCUT2D eigenvalue weighted by Gasteiger charge is 2.34. The number of thioether (sulfide) groups is 1. The van der Waals surface area contributed by atoms with Crippen LogP contribution in [0.1, 0.15) is 18.9 Å². The minimum absolute atomic E-state index is 0.190. The number of hydrogen-bond acceptors (Lipinski definition) is 3. The van der Waals surface area contributed by atoms with E-state index >= 15 is 0 Å². The first-order chi connectivity index (χ1) is 8.90. The molecule has 0 aliphatic carbocycles. The summed E-state index contributed by atoms with van der Waals surface area (Å²) >= 11 is 1.45. The van der Waals surface area contributed by atoms with Crippen LogP contribution in [0.25, 0.3) is 0 Å². The van der Waals surface area contributed by atoms with Crippen molar-refractivity contribution in [3.63, 3.8) is 0 Å². The summed E-state index contributed by atoms with van der Waals surface area (Å²) < 4.78 is 50.8. The zero-order chi connectivity index (χ0) is 14.0. The van der Waals surface area contributed by atoms with Gasteiger partial charge in [0.05, 0.1) is 11.6 Å². The second-order valence-corrected chi connectivity index (χ2v) is 5.13. The number of benzene rings is 1. The van der Waals surface area contributed by atoms with E-state index in [1.807, 2.05) is 6.92 Å². The normalized spacial score (nSPS) is 19.4. The molecular weight excluding hydrogens is 280 g/mol. The van der Waals surface area contributed by atoms with Crippen molar-refractivity contribution in [3.05, 3.63) is 29.6 Å². The van der Waals surface area contributed by atoms with Crippen LogP contribution in [0.4, 0.5) is 23.2 Å². The number of aliphatic imine (C=N–C) groups is 1. The van der Waals surface area contributed by atoms with Gasteiger partial charge in [0, 0.05) is 11.4 Å². The number of hydrogen-bond donors (Lipinski definition) is 1. The average Bonchev–Trinajstić information content (AvgIpc) is 2.78. The number of anilines is 1. The number of rotatable bonds is 2. The molecule has 2 rings (SSSR count). The summed E-state index contributed by atoms with van der Waals surface area (Å²) in [5, 5.41) is 3.37. The molecule has 1 aliphatic rings. The summed E-state index contributed by atoms with van der Waals surface area (Å²) in [5.74, 6) is -0.461. The zero-order valence-corrected chi connectivity index (χ0v) is 10.9. The van der Waals surface area contributed by atoms with Crippen LogP contribution in [0.15, 0.2) is 23.2 Å². The molecule has 1 atom stereocenters. The monoisotopic (exact) mass is 292 g/mol. The van der Waals surface area contributed by atoms with Gasteiger partial charge in [0.2, 0.25) is 0 Å². The first-order valence-electron chi connectivity index (χ1n) is 5.74. The molecule has 1 unspecified atom stereocenters. The van der Waals surface area contributed by atoms with Crippen LogP contribution in [0.5, 0.6) is 0 Å². The lowest BCUT2D eigenvalue weighted by molar-refractivity contribution is -0.139. The van der Waals surface area contributed by atoms with E-state index in [9.17, 15) is 17.6 Å². The van der Waals surface area contributed by atoms with E-state index in [-0.39, 0.29) is 11.7 Å². The van der Waals surface area contributed by atoms with Crippen LogP contribution in [0.2, 0.25) is 0 Å². The van der Waals surface area contributed by atoms with Gasteiger partial charge in [0.25, 0.3) is 0 Å². The Balaban J connectivity index is 2.18. The summed E-state index contributed by atoms with van der Waals surface area (Å²) in [6.45, 7) is 2.00. The van der Waals surface area contributed by atoms with E-state index in [1.54, 1.807) is 0 Å². The van der Waals surface area contributed by atoms with E-state index in [0.29, 0.717) is 5.17 Å². The third-order valence-corrected chi connectivity index (χ3v) is 3.74. The second kappa shape index (κ2) is 5.40. The van der Waals surface area contributed by atoms with Gasteiger partial charge in [-0.3, -0.25) is 4.99 Å². The molecule has 0 amide bonds. The maximum absolute atomic E-state index is 13.1. The highest BCUT2D eigenvalue weighted by atomic mass is 32.2. The van der Waals surface area contributed by atoms with Crippen molar-refractivity contribution in [2.45, 2.75) is 25.6 Å². The fraction of sp³-hybridized carbons (Fsp3) is 0.417. The molecule has 1 aromatic carbocycles. The van der Waals surface area contributed by atoms with E-state index in [2.05, 4.69) is 10.3 Å². The maximum Gasteiger partial charge on any atom is 0.419 e. The predicted molar refractivity (Wildman–Crippen MR) is 69.0 cm³/mol. The Labute approximate surface area is 112 Å².